The van der Waals surface area contributed by atoms with E-state index in [4.69, 9.17) is 0 Å². The van der Waals surface area contributed by atoms with E-state index < -0.39 is 9.84 Å². The quantitative estimate of drug-likeness (QED) is 0.845. The van der Waals surface area contributed by atoms with Gasteiger partial charge in [-0.25, -0.2) is 8.42 Å². The van der Waals surface area contributed by atoms with Gasteiger partial charge >= 0.3 is 0 Å². The fourth-order valence-corrected chi connectivity index (χ4v) is 4.56. The fourth-order valence-electron chi connectivity index (χ4n) is 3.91. The SMILES string of the molecule is CCC1(C)CN(CCCS(C)(=O)=O)C2(CCCCC2)CN1. The molecule has 4 nitrogen and oxygen atoms in total. The highest BCUT2D eigenvalue weighted by Gasteiger charge is 2.44. The first kappa shape index (κ1) is 17.2. The summed E-state index contributed by atoms with van der Waals surface area (Å²) in [5.74, 6) is 0.315. The van der Waals surface area contributed by atoms with Crippen molar-refractivity contribution in [1.29, 1.82) is 0 Å². The van der Waals surface area contributed by atoms with Crippen molar-refractivity contribution in [3.63, 3.8) is 0 Å². The van der Waals surface area contributed by atoms with Gasteiger partial charge in [0.05, 0.1) is 5.75 Å². The van der Waals surface area contributed by atoms with E-state index in [-0.39, 0.29) is 11.1 Å². The minimum atomic E-state index is -2.84. The lowest BCUT2D eigenvalue weighted by Crippen LogP contribution is -2.69. The molecule has 2 rings (SSSR count). The second-order valence-corrected chi connectivity index (χ2v) is 9.72. The molecule has 124 valence electrons. The normalized spacial score (nSPS) is 30.6. The highest BCUT2D eigenvalue weighted by molar-refractivity contribution is 7.90. The van der Waals surface area contributed by atoms with Gasteiger partial charge in [-0.2, -0.15) is 0 Å². The summed E-state index contributed by atoms with van der Waals surface area (Å²) in [6.45, 7) is 7.57. The van der Waals surface area contributed by atoms with Crippen molar-refractivity contribution in [3.05, 3.63) is 0 Å². The van der Waals surface area contributed by atoms with Crippen LogP contribution in [-0.2, 0) is 9.84 Å². The molecule has 2 aliphatic rings. The van der Waals surface area contributed by atoms with Crippen molar-refractivity contribution >= 4 is 9.84 Å². The second kappa shape index (κ2) is 6.55. The van der Waals surface area contributed by atoms with Gasteiger partial charge in [0.15, 0.2) is 0 Å². The first-order valence-corrected chi connectivity index (χ1v) is 10.5. The van der Waals surface area contributed by atoms with Crippen LogP contribution in [-0.4, -0.2) is 56.0 Å². The van der Waals surface area contributed by atoms with Gasteiger partial charge in [-0.05, 0) is 39.2 Å². The molecule has 5 heteroatoms. The Morgan fingerprint density at radius 1 is 1.19 bits per heavy atom. The minimum absolute atomic E-state index is 0.174. The van der Waals surface area contributed by atoms with Gasteiger partial charge in [0.2, 0.25) is 0 Å². The Bertz CT molecular complexity index is 443. The van der Waals surface area contributed by atoms with Crippen LogP contribution in [0.2, 0.25) is 0 Å². The fraction of sp³-hybridized carbons (Fsp3) is 1.00. The van der Waals surface area contributed by atoms with Crippen molar-refractivity contribution in [2.45, 2.75) is 69.9 Å². The maximum atomic E-state index is 11.4. The van der Waals surface area contributed by atoms with Crippen molar-refractivity contribution in [1.82, 2.24) is 10.2 Å². The molecule has 0 aromatic heterocycles. The summed E-state index contributed by atoms with van der Waals surface area (Å²) in [4.78, 5) is 2.62. The van der Waals surface area contributed by atoms with Crippen LogP contribution in [0, 0.1) is 0 Å². The zero-order chi connectivity index (χ0) is 15.6. The van der Waals surface area contributed by atoms with Gasteiger partial charge in [0.25, 0.3) is 0 Å². The van der Waals surface area contributed by atoms with Crippen LogP contribution in [0.25, 0.3) is 0 Å². The lowest BCUT2D eigenvalue weighted by atomic mass is 9.76. The summed E-state index contributed by atoms with van der Waals surface area (Å²) < 4.78 is 22.8. The van der Waals surface area contributed by atoms with Gasteiger partial charge in [-0.15, -0.1) is 0 Å². The molecule has 0 amide bonds. The summed E-state index contributed by atoms with van der Waals surface area (Å²) in [7, 11) is -2.84. The summed E-state index contributed by atoms with van der Waals surface area (Å²) in [6.07, 6.45) is 9.73. The maximum absolute atomic E-state index is 11.4. The zero-order valence-corrected chi connectivity index (χ0v) is 14.8. The van der Waals surface area contributed by atoms with E-state index in [1.807, 2.05) is 0 Å². The molecule has 1 unspecified atom stereocenters. The Labute approximate surface area is 130 Å². The van der Waals surface area contributed by atoms with Crippen molar-refractivity contribution < 1.29 is 8.42 Å². The van der Waals surface area contributed by atoms with E-state index in [0.29, 0.717) is 5.75 Å². The predicted octanol–water partition coefficient (Wildman–Crippen LogP) is 2.20. The molecule has 0 aromatic carbocycles. The molecular weight excluding hydrogens is 284 g/mol. The Morgan fingerprint density at radius 2 is 1.86 bits per heavy atom. The summed E-state index contributed by atoms with van der Waals surface area (Å²) >= 11 is 0. The van der Waals surface area contributed by atoms with Crippen LogP contribution in [0.4, 0.5) is 0 Å². The van der Waals surface area contributed by atoms with E-state index in [9.17, 15) is 8.42 Å². The largest absolute Gasteiger partial charge is 0.308 e. The molecule has 2 fully saturated rings. The van der Waals surface area contributed by atoms with Gasteiger partial charge in [-0.3, -0.25) is 4.90 Å². The first-order chi connectivity index (χ1) is 9.79. The molecule has 0 aromatic rings. The monoisotopic (exact) mass is 316 g/mol. The third kappa shape index (κ3) is 4.42. The number of hydrogen-bond donors (Lipinski definition) is 1. The van der Waals surface area contributed by atoms with Crippen LogP contribution < -0.4 is 5.32 Å². The first-order valence-electron chi connectivity index (χ1n) is 8.46. The minimum Gasteiger partial charge on any atom is -0.308 e. The number of nitrogens with zero attached hydrogens (tertiary/aromatic N) is 1. The molecule has 1 atom stereocenters. The molecular formula is C16H32N2O2S. The van der Waals surface area contributed by atoms with E-state index in [0.717, 1.165) is 32.5 Å². The number of rotatable bonds is 5. The van der Waals surface area contributed by atoms with Gasteiger partial charge < -0.3 is 5.32 Å². The van der Waals surface area contributed by atoms with Crippen LogP contribution in [0.3, 0.4) is 0 Å². The number of piperazine rings is 1. The summed E-state index contributed by atoms with van der Waals surface area (Å²) in [5, 5.41) is 3.78. The van der Waals surface area contributed by atoms with Crippen molar-refractivity contribution in [3.8, 4) is 0 Å². The zero-order valence-electron chi connectivity index (χ0n) is 14.0. The smallest absolute Gasteiger partial charge is 0.147 e. The standard InChI is InChI=1S/C16H32N2O2S/c1-4-15(2)14-18(11-8-12-21(3,19)20)16(13-17-15)9-6-5-7-10-16/h17H,4-14H2,1-3H3. The van der Waals surface area contributed by atoms with E-state index in [1.165, 1.54) is 38.4 Å². The topological polar surface area (TPSA) is 49.4 Å². The van der Waals surface area contributed by atoms with Gasteiger partial charge in [0.1, 0.15) is 9.84 Å². The lowest BCUT2D eigenvalue weighted by molar-refractivity contribution is -0.0152. The van der Waals surface area contributed by atoms with Crippen LogP contribution in [0.5, 0.6) is 0 Å². The average molecular weight is 317 g/mol. The summed E-state index contributed by atoms with van der Waals surface area (Å²) in [5.41, 5.74) is 0.457. The van der Waals surface area contributed by atoms with Crippen molar-refractivity contribution in [2.75, 3.05) is 31.6 Å². The van der Waals surface area contributed by atoms with Crippen molar-refractivity contribution in [2.24, 2.45) is 0 Å². The molecule has 1 saturated carbocycles. The Hall–Kier alpha value is -0.130. The van der Waals surface area contributed by atoms with Gasteiger partial charge in [0, 0.05) is 30.4 Å². The highest BCUT2D eigenvalue weighted by atomic mass is 32.2. The van der Waals surface area contributed by atoms with E-state index in [2.05, 4.69) is 24.1 Å². The molecule has 21 heavy (non-hydrogen) atoms. The molecule has 1 N–H and O–H groups in total. The molecule has 1 saturated heterocycles. The number of sulfone groups is 1. The third-order valence-electron chi connectivity index (χ3n) is 5.56. The predicted molar refractivity (Wildman–Crippen MR) is 88.4 cm³/mol. The van der Waals surface area contributed by atoms with E-state index in [1.54, 1.807) is 0 Å². The van der Waals surface area contributed by atoms with Crippen LogP contribution in [0.15, 0.2) is 0 Å². The van der Waals surface area contributed by atoms with Crippen LogP contribution in [0.1, 0.15) is 58.8 Å². The Morgan fingerprint density at radius 3 is 2.43 bits per heavy atom. The second-order valence-electron chi connectivity index (χ2n) is 7.46. The average Bonchev–Trinajstić information content (AvgIpc) is 2.43. The van der Waals surface area contributed by atoms with E-state index >= 15 is 0 Å². The maximum Gasteiger partial charge on any atom is 0.147 e. The molecule has 0 bridgehead atoms. The summed E-state index contributed by atoms with van der Waals surface area (Å²) in [6, 6.07) is 0. The van der Waals surface area contributed by atoms with Gasteiger partial charge in [-0.1, -0.05) is 26.2 Å². The number of hydrogen-bond acceptors (Lipinski definition) is 4. The Balaban J connectivity index is 2.05. The number of nitrogens with one attached hydrogen (secondary N) is 1. The third-order valence-corrected chi connectivity index (χ3v) is 6.59. The highest BCUT2D eigenvalue weighted by Crippen LogP contribution is 2.37. The molecule has 1 aliphatic carbocycles. The molecule has 1 spiro atoms. The lowest BCUT2D eigenvalue weighted by Gasteiger charge is -2.55. The Kier molecular flexibility index (Phi) is 5.37. The molecule has 1 aliphatic heterocycles. The molecule has 0 radical (unpaired) electrons. The molecule has 1 heterocycles. The van der Waals surface area contributed by atoms with Crippen LogP contribution >= 0.6 is 0 Å².